The lowest BCUT2D eigenvalue weighted by Crippen LogP contribution is -3.00. The Kier molecular flexibility index (Phi) is 10.1. The molecular weight excluding hydrogens is 550 g/mol. The van der Waals surface area contributed by atoms with Crippen LogP contribution in [0.1, 0.15) is 12.5 Å². The second-order valence-corrected chi connectivity index (χ2v) is 12.0. The summed E-state index contributed by atoms with van der Waals surface area (Å²) in [4.78, 5) is 0. The minimum absolute atomic E-state index is 0. The van der Waals surface area contributed by atoms with Gasteiger partial charge in [-0.1, -0.05) is 73.7 Å². The number of hydrogen-bond acceptors (Lipinski definition) is 2. The van der Waals surface area contributed by atoms with Gasteiger partial charge in [0.25, 0.3) is 0 Å². The van der Waals surface area contributed by atoms with Gasteiger partial charge in [0.05, 0.1) is 26.5 Å². The van der Waals surface area contributed by atoms with E-state index in [9.17, 15) is 0 Å². The molecule has 0 radical (unpaired) electrons. The van der Waals surface area contributed by atoms with E-state index in [1.165, 1.54) is 21.5 Å². The third kappa shape index (κ3) is 6.27. The van der Waals surface area contributed by atoms with Crippen molar-refractivity contribution < 1.29 is 33.5 Å². The summed E-state index contributed by atoms with van der Waals surface area (Å²) < 4.78 is 11.4. The van der Waals surface area contributed by atoms with Gasteiger partial charge in [0, 0.05) is 5.92 Å². The Morgan fingerprint density at radius 2 is 1.09 bits per heavy atom. The summed E-state index contributed by atoms with van der Waals surface area (Å²) in [5, 5.41) is 4.26. The van der Waals surface area contributed by atoms with Crippen molar-refractivity contribution in [3.8, 4) is 5.75 Å². The Hall–Kier alpha value is -2.20. The summed E-state index contributed by atoms with van der Waals surface area (Å²) >= 11 is 0. The summed E-state index contributed by atoms with van der Waals surface area (Å²) in [5.74, 6) is 1.27. The Bertz CT molecular complexity index is 1010. The SMILES string of the molecule is COc1ccc(COC[C@@H](C)C[P+](c2ccccc2)(c2ccccc2)c2ccccc2)cc1.[I-]. The molecule has 4 aromatic rings. The van der Waals surface area contributed by atoms with Crippen LogP contribution in [0.3, 0.4) is 0 Å². The summed E-state index contributed by atoms with van der Waals surface area (Å²) in [6, 6.07) is 41.3. The molecule has 0 fully saturated rings. The molecule has 4 heteroatoms. The van der Waals surface area contributed by atoms with Gasteiger partial charge in [-0.15, -0.1) is 0 Å². The van der Waals surface area contributed by atoms with E-state index < -0.39 is 7.26 Å². The highest BCUT2D eigenvalue weighted by molar-refractivity contribution is 7.95. The van der Waals surface area contributed by atoms with Gasteiger partial charge in [0.2, 0.25) is 0 Å². The fourth-order valence-electron chi connectivity index (χ4n) is 4.43. The molecular formula is C30H32IO2P. The zero-order chi connectivity index (χ0) is 22.9. The van der Waals surface area contributed by atoms with Crippen LogP contribution in [-0.2, 0) is 11.3 Å². The lowest BCUT2D eigenvalue weighted by Gasteiger charge is -2.30. The van der Waals surface area contributed by atoms with Gasteiger partial charge in [-0.25, -0.2) is 0 Å². The second kappa shape index (κ2) is 13.0. The van der Waals surface area contributed by atoms with Crippen molar-refractivity contribution in [1.82, 2.24) is 0 Å². The number of rotatable bonds is 10. The fourth-order valence-corrected chi connectivity index (χ4v) is 9.04. The Labute approximate surface area is 221 Å². The molecule has 4 rings (SSSR count). The normalized spacial score (nSPS) is 11.9. The van der Waals surface area contributed by atoms with Crippen molar-refractivity contribution >= 4 is 23.2 Å². The largest absolute Gasteiger partial charge is 1.00 e. The molecule has 0 unspecified atom stereocenters. The molecule has 34 heavy (non-hydrogen) atoms. The van der Waals surface area contributed by atoms with E-state index in [2.05, 4.69) is 110 Å². The molecule has 0 saturated heterocycles. The van der Waals surface area contributed by atoms with Crippen LogP contribution in [-0.4, -0.2) is 19.9 Å². The van der Waals surface area contributed by atoms with E-state index in [0.717, 1.165) is 18.5 Å². The molecule has 176 valence electrons. The zero-order valence-corrected chi connectivity index (χ0v) is 22.9. The molecule has 0 amide bonds. The lowest BCUT2D eigenvalue weighted by molar-refractivity contribution is -0.00000724. The first-order valence-corrected chi connectivity index (χ1v) is 13.5. The molecule has 0 heterocycles. The maximum Gasteiger partial charge on any atom is 0.118 e. The summed E-state index contributed by atoms with van der Waals surface area (Å²) in [7, 11) is -0.140. The van der Waals surface area contributed by atoms with Crippen molar-refractivity contribution in [2.75, 3.05) is 19.9 Å². The molecule has 0 aliphatic rings. The van der Waals surface area contributed by atoms with Crippen molar-refractivity contribution in [3.63, 3.8) is 0 Å². The quantitative estimate of drug-likeness (QED) is 0.212. The van der Waals surface area contributed by atoms with E-state index in [1.54, 1.807) is 7.11 Å². The van der Waals surface area contributed by atoms with Gasteiger partial charge in [-0.05, 0) is 54.1 Å². The van der Waals surface area contributed by atoms with Crippen LogP contribution >= 0.6 is 7.26 Å². The lowest BCUT2D eigenvalue weighted by atomic mass is 10.2. The van der Waals surface area contributed by atoms with Crippen LogP contribution in [0.2, 0.25) is 0 Å². The highest BCUT2D eigenvalue weighted by Gasteiger charge is 2.46. The molecule has 4 aromatic carbocycles. The molecule has 0 N–H and O–H groups in total. The van der Waals surface area contributed by atoms with E-state index in [1.807, 2.05) is 12.1 Å². The Morgan fingerprint density at radius 3 is 1.50 bits per heavy atom. The minimum Gasteiger partial charge on any atom is -1.00 e. The van der Waals surface area contributed by atoms with Gasteiger partial charge in [-0.2, -0.15) is 0 Å². The maximum atomic E-state index is 6.19. The summed E-state index contributed by atoms with van der Waals surface area (Å²) in [5.41, 5.74) is 1.17. The topological polar surface area (TPSA) is 18.5 Å². The van der Waals surface area contributed by atoms with Gasteiger partial charge >= 0.3 is 0 Å². The van der Waals surface area contributed by atoms with Gasteiger partial charge in [-0.3, -0.25) is 0 Å². The summed E-state index contributed by atoms with van der Waals surface area (Å²) in [6.07, 6.45) is 1.06. The molecule has 0 bridgehead atoms. The van der Waals surface area contributed by atoms with Crippen molar-refractivity contribution in [2.24, 2.45) is 5.92 Å². The third-order valence-electron chi connectivity index (χ3n) is 6.01. The van der Waals surface area contributed by atoms with Crippen molar-refractivity contribution in [2.45, 2.75) is 13.5 Å². The minimum atomic E-state index is -1.83. The van der Waals surface area contributed by atoms with Crippen molar-refractivity contribution in [3.05, 3.63) is 121 Å². The van der Waals surface area contributed by atoms with Crippen molar-refractivity contribution in [1.29, 1.82) is 0 Å². The Balaban J connectivity index is 0.00000324. The first-order chi connectivity index (χ1) is 16.2. The van der Waals surface area contributed by atoms with E-state index in [-0.39, 0.29) is 24.0 Å². The average Bonchev–Trinajstić information content (AvgIpc) is 2.89. The average molecular weight is 582 g/mol. The van der Waals surface area contributed by atoms with Crippen LogP contribution in [0.25, 0.3) is 0 Å². The first kappa shape index (κ1) is 26.4. The molecule has 0 spiro atoms. The maximum absolute atomic E-state index is 6.19. The number of ether oxygens (including phenoxy) is 2. The number of methoxy groups -OCH3 is 1. The van der Waals surface area contributed by atoms with Crippen LogP contribution in [0.4, 0.5) is 0 Å². The molecule has 0 aliphatic heterocycles. The second-order valence-electron chi connectivity index (χ2n) is 8.47. The standard InChI is InChI=1S/C30H32O2P.HI/c1-25(22-32-23-26-18-20-27(31-2)21-19-26)24-33(28-12-6-3-7-13-28,29-14-8-4-9-15-29)30-16-10-5-11-17-30;/h3-21,25H,22-24H2,1-2H3;1H/q+1;/p-1/t25-;/m1./s1. The van der Waals surface area contributed by atoms with E-state index in [0.29, 0.717) is 12.5 Å². The van der Waals surface area contributed by atoms with Crippen LogP contribution in [0.5, 0.6) is 5.75 Å². The predicted molar refractivity (Wildman–Crippen MR) is 142 cm³/mol. The Morgan fingerprint density at radius 1 is 0.647 bits per heavy atom. The third-order valence-corrected chi connectivity index (χ3v) is 10.7. The van der Waals surface area contributed by atoms with E-state index >= 15 is 0 Å². The smallest absolute Gasteiger partial charge is 0.118 e. The zero-order valence-electron chi connectivity index (χ0n) is 19.8. The molecule has 0 saturated carbocycles. The molecule has 0 aromatic heterocycles. The predicted octanol–water partition coefficient (Wildman–Crippen LogP) is 2.85. The number of halogens is 1. The molecule has 2 nitrogen and oxygen atoms in total. The summed E-state index contributed by atoms with van der Waals surface area (Å²) in [6.45, 7) is 3.65. The van der Waals surface area contributed by atoms with E-state index in [4.69, 9.17) is 9.47 Å². The van der Waals surface area contributed by atoms with Crippen LogP contribution in [0.15, 0.2) is 115 Å². The highest BCUT2D eigenvalue weighted by Crippen LogP contribution is 2.56. The van der Waals surface area contributed by atoms with Gasteiger partial charge < -0.3 is 33.5 Å². The number of hydrogen-bond donors (Lipinski definition) is 0. The van der Waals surface area contributed by atoms with Gasteiger partial charge in [0.15, 0.2) is 0 Å². The molecule has 0 aliphatic carbocycles. The van der Waals surface area contributed by atoms with Crippen LogP contribution in [0, 0.1) is 5.92 Å². The molecule has 1 atom stereocenters. The number of benzene rings is 4. The van der Waals surface area contributed by atoms with Crippen LogP contribution < -0.4 is 44.6 Å². The first-order valence-electron chi connectivity index (χ1n) is 11.5. The fraction of sp³-hybridized carbons (Fsp3) is 0.200. The van der Waals surface area contributed by atoms with Gasteiger partial charge in [0.1, 0.15) is 28.9 Å². The monoisotopic (exact) mass is 582 g/mol. The highest BCUT2D eigenvalue weighted by atomic mass is 127.